The van der Waals surface area contributed by atoms with Gasteiger partial charge in [-0.3, -0.25) is 14.5 Å². The Morgan fingerprint density at radius 2 is 2.00 bits per heavy atom. The Kier molecular flexibility index (Phi) is 4.98. The van der Waals surface area contributed by atoms with E-state index in [1.807, 2.05) is 42.6 Å². The van der Waals surface area contributed by atoms with Crippen molar-refractivity contribution in [2.45, 2.75) is 13.2 Å². The van der Waals surface area contributed by atoms with Gasteiger partial charge in [0.05, 0.1) is 18.8 Å². The zero-order valence-corrected chi connectivity index (χ0v) is 13.3. The summed E-state index contributed by atoms with van der Waals surface area (Å²) in [5, 5.41) is 7.18. The maximum absolute atomic E-state index is 12.4. The predicted molar refractivity (Wildman–Crippen MR) is 90.7 cm³/mol. The molecule has 1 aromatic carbocycles. The van der Waals surface area contributed by atoms with E-state index >= 15 is 0 Å². The second kappa shape index (κ2) is 7.52. The lowest BCUT2D eigenvalue weighted by atomic mass is 10.1. The molecule has 6 nitrogen and oxygen atoms in total. The van der Waals surface area contributed by atoms with E-state index in [-0.39, 0.29) is 5.91 Å². The van der Waals surface area contributed by atoms with Crippen LogP contribution < -0.4 is 5.32 Å². The Morgan fingerprint density at radius 3 is 2.79 bits per heavy atom. The van der Waals surface area contributed by atoms with Crippen LogP contribution in [0.15, 0.2) is 60.9 Å². The molecule has 1 N–H and O–H groups in total. The van der Waals surface area contributed by atoms with Crippen LogP contribution in [0.4, 0.5) is 5.82 Å². The molecule has 0 saturated heterocycles. The van der Waals surface area contributed by atoms with Gasteiger partial charge in [0.25, 0.3) is 5.91 Å². The average Bonchev–Trinajstić information content (AvgIpc) is 3.03. The van der Waals surface area contributed by atoms with Crippen molar-refractivity contribution in [1.82, 2.24) is 14.8 Å². The fourth-order valence-electron chi connectivity index (χ4n) is 2.38. The number of nitrogens with one attached hydrogen (secondary N) is 1. The summed E-state index contributed by atoms with van der Waals surface area (Å²) in [6.07, 6.45) is 3.56. The number of amides is 1. The number of pyridine rings is 1. The number of benzene rings is 1. The number of aromatic nitrogens is 3. The van der Waals surface area contributed by atoms with Gasteiger partial charge in [-0.2, -0.15) is 5.10 Å². The number of carbonyl (C=O) groups excluding carboxylic acids is 1. The topological polar surface area (TPSA) is 69.0 Å². The zero-order valence-electron chi connectivity index (χ0n) is 13.3. The molecule has 0 aliphatic heterocycles. The number of ether oxygens (including phenoxy) is 1. The molecule has 24 heavy (non-hydrogen) atoms. The quantitative estimate of drug-likeness (QED) is 0.757. The summed E-state index contributed by atoms with van der Waals surface area (Å²) in [4.78, 5) is 16.7. The van der Waals surface area contributed by atoms with Crippen LogP contribution in [0.2, 0.25) is 0 Å². The van der Waals surface area contributed by atoms with Crippen molar-refractivity contribution in [3.05, 3.63) is 77.7 Å². The highest BCUT2D eigenvalue weighted by Gasteiger charge is 2.12. The predicted octanol–water partition coefficient (Wildman–Crippen LogP) is 2.73. The fraction of sp³-hybridized carbons (Fsp3) is 0.167. The third-order valence-electron chi connectivity index (χ3n) is 3.49. The fourth-order valence-corrected chi connectivity index (χ4v) is 2.38. The number of methoxy groups -OCH3 is 1. The Hall–Kier alpha value is -2.99. The van der Waals surface area contributed by atoms with E-state index in [4.69, 9.17) is 4.74 Å². The molecular formula is C18H18N4O2. The van der Waals surface area contributed by atoms with E-state index in [1.165, 1.54) is 0 Å². The maximum Gasteiger partial charge on any atom is 0.257 e. The van der Waals surface area contributed by atoms with Crippen molar-refractivity contribution in [2.24, 2.45) is 0 Å². The van der Waals surface area contributed by atoms with Crippen molar-refractivity contribution < 1.29 is 9.53 Å². The molecule has 0 aliphatic carbocycles. The highest BCUT2D eigenvalue weighted by atomic mass is 16.5. The van der Waals surface area contributed by atoms with Gasteiger partial charge in [-0.05, 0) is 23.8 Å². The van der Waals surface area contributed by atoms with Gasteiger partial charge in [0.2, 0.25) is 0 Å². The minimum Gasteiger partial charge on any atom is -0.380 e. The molecule has 1 amide bonds. The Balaban J connectivity index is 1.69. The van der Waals surface area contributed by atoms with Crippen LogP contribution in [-0.4, -0.2) is 27.8 Å². The van der Waals surface area contributed by atoms with Gasteiger partial charge in [-0.25, -0.2) is 0 Å². The monoisotopic (exact) mass is 322 g/mol. The summed E-state index contributed by atoms with van der Waals surface area (Å²) in [5.41, 5.74) is 2.33. The third kappa shape index (κ3) is 3.85. The summed E-state index contributed by atoms with van der Waals surface area (Å²) in [6.45, 7) is 0.939. The number of hydrogen-bond donors (Lipinski definition) is 1. The molecule has 0 bridgehead atoms. The van der Waals surface area contributed by atoms with E-state index in [2.05, 4.69) is 15.4 Å². The van der Waals surface area contributed by atoms with E-state index in [0.29, 0.717) is 24.5 Å². The van der Waals surface area contributed by atoms with Gasteiger partial charge in [-0.15, -0.1) is 0 Å². The minimum absolute atomic E-state index is 0.203. The van der Waals surface area contributed by atoms with Crippen molar-refractivity contribution in [1.29, 1.82) is 0 Å². The van der Waals surface area contributed by atoms with Crippen LogP contribution in [0.3, 0.4) is 0 Å². The van der Waals surface area contributed by atoms with Gasteiger partial charge in [0, 0.05) is 31.1 Å². The second-order valence-corrected chi connectivity index (χ2v) is 5.26. The maximum atomic E-state index is 12.4. The largest absolute Gasteiger partial charge is 0.380 e. The van der Waals surface area contributed by atoms with Crippen LogP contribution in [0.25, 0.3) is 0 Å². The molecule has 0 unspecified atom stereocenters. The first kappa shape index (κ1) is 15.9. The molecule has 0 spiro atoms. The molecular weight excluding hydrogens is 304 g/mol. The summed E-state index contributed by atoms with van der Waals surface area (Å²) in [5.74, 6) is 0.300. The van der Waals surface area contributed by atoms with Crippen LogP contribution >= 0.6 is 0 Å². The Bertz CT molecular complexity index is 815. The van der Waals surface area contributed by atoms with Crippen molar-refractivity contribution in [3.63, 3.8) is 0 Å². The molecule has 0 saturated carbocycles. The summed E-state index contributed by atoms with van der Waals surface area (Å²) in [7, 11) is 1.61. The highest BCUT2D eigenvalue weighted by Crippen LogP contribution is 2.13. The SMILES string of the molecule is COCc1ccccc1C(=O)Nc1ccn(Cc2ccccn2)n1. The van der Waals surface area contributed by atoms with Crippen molar-refractivity contribution >= 4 is 11.7 Å². The van der Waals surface area contributed by atoms with Crippen molar-refractivity contribution in [2.75, 3.05) is 12.4 Å². The number of hydrogen-bond acceptors (Lipinski definition) is 4. The number of nitrogens with zero attached hydrogens (tertiary/aromatic N) is 3. The molecule has 3 aromatic rings. The number of anilines is 1. The van der Waals surface area contributed by atoms with E-state index < -0.39 is 0 Å². The van der Waals surface area contributed by atoms with Gasteiger partial charge < -0.3 is 10.1 Å². The lowest BCUT2D eigenvalue weighted by Crippen LogP contribution is -2.15. The van der Waals surface area contributed by atoms with Crippen LogP contribution in [0, 0.1) is 0 Å². The average molecular weight is 322 g/mol. The Morgan fingerprint density at radius 1 is 1.17 bits per heavy atom. The minimum atomic E-state index is -0.203. The van der Waals surface area contributed by atoms with Crippen LogP contribution in [0.5, 0.6) is 0 Å². The molecule has 122 valence electrons. The highest BCUT2D eigenvalue weighted by molar-refractivity contribution is 6.04. The normalized spacial score (nSPS) is 10.5. The summed E-state index contributed by atoms with van der Waals surface area (Å²) < 4.78 is 6.87. The molecule has 2 heterocycles. The molecule has 2 aromatic heterocycles. The first-order valence-electron chi connectivity index (χ1n) is 7.58. The summed E-state index contributed by atoms with van der Waals surface area (Å²) in [6, 6.07) is 14.9. The lowest BCUT2D eigenvalue weighted by molar-refractivity contribution is 0.102. The number of rotatable bonds is 6. The Labute approximate surface area is 140 Å². The third-order valence-corrected chi connectivity index (χ3v) is 3.49. The second-order valence-electron chi connectivity index (χ2n) is 5.26. The molecule has 0 aliphatic rings. The molecule has 3 rings (SSSR count). The van der Waals surface area contributed by atoms with Crippen LogP contribution in [0.1, 0.15) is 21.6 Å². The van der Waals surface area contributed by atoms with E-state index in [0.717, 1.165) is 11.3 Å². The first-order valence-corrected chi connectivity index (χ1v) is 7.58. The lowest BCUT2D eigenvalue weighted by Gasteiger charge is -2.08. The van der Waals surface area contributed by atoms with Crippen LogP contribution in [-0.2, 0) is 17.9 Å². The van der Waals surface area contributed by atoms with Gasteiger partial charge in [0.1, 0.15) is 0 Å². The van der Waals surface area contributed by atoms with E-state index in [1.54, 1.807) is 30.1 Å². The molecule has 0 radical (unpaired) electrons. The van der Waals surface area contributed by atoms with E-state index in [9.17, 15) is 4.79 Å². The first-order chi connectivity index (χ1) is 11.8. The molecule has 0 atom stereocenters. The number of carbonyl (C=O) groups is 1. The van der Waals surface area contributed by atoms with Gasteiger partial charge in [0.15, 0.2) is 5.82 Å². The molecule has 6 heteroatoms. The molecule has 0 fully saturated rings. The standard InChI is InChI=1S/C18H18N4O2/c1-24-13-14-6-2-3-8-16(14)18(23)20-17-9-11-22(21-17)12-15-7-4-5-10-19-15/h2-11H,12-13H2,1H3,(H,20,21,23). The van der Waals surface area contributed by atoms with Crippen molar-refractivity contribution in [3.8, 4) is 0 Å². The smallest absolute Gasteiger partial charge is 0.257 e. The van der Waals surface area contributed by atoms with Gasteiger partial charge in [-0.1, -0.05) is 24.3 Å². The zero-order chi connectivity index (χ0) is 16.8. The summed E-state index contributed by atoms with van der Waals surface area (Å²) >= 11 is 0. The van der Waals surface area contributed by atoms with Gasteiger partial charge >= 0.3 is 0 Å².